The zero-order chi connectivity index (χ0) is 16.9. The van der Waals surface area contributed by atoms with Gasteiger partial charge in [0.25, 0.3) is 0 Å². The summed E-state index contributed by atoms with van der Waals surface area (Å²) in [6, 6.07) is 16.3. The first-order chi connectivity index (χ1) is 11.8. The highest BCUT2D eigenvalue weighted by molar-refractivity contribution is 7.86. The van der Waals surface area contributed by atoms with Gasteiger partial charge in [0, 0.05) is 20.3 Å². The standard InChI is InChI=1S/C19H24N2O2S/c1-3-21-17-11-6-4-9-15(17)19(20-13-8-14-23-2)16-10-5-7-12-18(16)24(21)22/h4-7,9-12,19-20H,3,8,13-14H2,1-2H3. The van der Waals surface area contributed by atoms with Crippen LogP contribution in [0.4, 0.5) is 5.69 Å². The number of nitrogens with one attached hydrogen (secondary N) is 1. The van der Waals surface area contributed by atoms with Crippen LogP contribution >= 0.6 is 0 Å². The number of ether oxygens (including phenoxy) is 1. The summed E-state index contributed by atoms with van der Waals surface area (Å²) in [7, 11) is 0.528. The third kappa shape index (κ3) is 3.24. The Kier molecular flexibility index (Phi) is 5.66. The summed E-state index contributed by atoms with van der Waals surface area (Å²) < 4.78 is 20.3. The Balaban J connectivity index is 2.06. The van der Waals surface area contributed by atoms with Crippen LogP contribution in [0.5, 0.6) is 0 Å². The smallest absolute Gasteiger partial charge is 0.153 e. The average molecular weight is 344 g/mol. The fourth-order valence-electron chi connectivity index (χ4n) is 3.18. The highest BCUT2D eigenvalue weighted by Gasteiger charge is 2.30. The summed E-state index contributed by atoms with van der Waals surface area (Å²) >= 11 is 0. The highest BCUT2D eigenvalue weighted by Crippen LogP contribution is 2.38. The van der Waals surface area contributed by atoms with E-state index in [2.05, 4.69) is 23.5 Å². The van der Waals surface area contributed by atoms with Crippen molar-refractivity contribution in [3.63, 3.8) is 0 Å². The number of methoxy groups -OCH3 is 1. The number of para-hydroxylation sites is 1. The minimum Gasteiger partial charge on any atom is -0.385 e. The van der Waals surface area contributed by atoms with E-state index >= 15 is 0 Å². The van der Waals surface area contributed by atoms with E-state index in [0.29, 0.717) is 6.54 Å². The molecule has 0 spiro atoms. The molecule has 2 aromatic carbocycles. The van der Waals surface area contributed by atoms with Gasteiger partial charge in [-0.1, -0.05) is 36.4 Å². The van der Waals surface area contributed by atoms with E-state index in [4.69, 9.17) is 4.74 Å². The van der Waals surface area contributed by atoms with Gasteiger partial charge >= 0.3 is 0 Å². The van der Waals surface area contributed by atoms with Crippen molar-refractivity contribution in [1.29, 1.82) is 0 Å². The molecule has 0 bridgehead atoms. The van der Waals surface area contributed by atoms with Gasteiger partial charge in [0.15, 0.2) is 11.0 Å². The molecular weight excluding hydrogens is 320 g/mol. The minimum absolute atomic E-state index is 0.0368. The Morgan fingerprint density at radius 2 is 1.83 bits per heavy atom. The van der Waals surface area contributed by atoms with E-state index in [1.807, 2.05) is 41.6 Å². The van der Waals surface area contributed by atoms with Gasteiger partial charge in [-0.15, -0.1) is 0 Å². The van der Waals surface area contributed by atoms with E-state index in [1.165, 1.54) is 5.56 Å². The lowest BCUT2D eigenvalue weighted by Gasteiger charge is -2.23. The molecule has 0 aromatic heterocycles. The number of nitrogens with zero attached hydrogens (tertiary/aromatic N) is 1. The highest BCUT2D eigenvalue weighted by atomic mass is 32.2. The monoisotopic (exact) mass is 344 g/mol. The van der Waals surface area contributed by atoms with Crippen LogP contribution in [0.25, 0.3) is 0 Å². The molecule has 0 amide bonds. The van der Waals surface area contributed by atoms with Gasteiger partial charge in [0.1, 0.15) is 0 Å². The molecule has 1 heterocycles. The summed E-state index contributed by atoms with van der Waals surface area (Å²) in [5.74, 6) is 0. The van der Waals surface area contributed by atoms with Crippen molar-refractivity contribution in [1.82, 2.24) is 5.32 Å². The van der Waals surface area contributed by atoms with Gasteiger partial charge in [-0.3, -0.25) is 4.31 Å². The Bertz CT molecular complexity index is 720. The van der Waals surface area contributed by atoms with Crippen LogP contribution in [-0.4, -0.2) is 31.0 Å². The Labute approximate surface area is 146 Å². The summed E-state index contributed by atoms with van der Waals surface area (Å²) in [5.41, 5.74) is 3.31. The molecule has 4 nitrogen and oxygen atoms in total. The molecule has 0 radical (unpaired) electrons. The van der Waals surface area contributed by atoms with E-state index < -0.39 is 11.0 Å². The topological polar surface area (TPSA) is 41.6 Å². The molecule has 2 unspecified atom stereocenters. The predicted molar refractivity (Wildman–Crippen MR) is 98.7 cm³/mol. The zero-order valence-corrected chi connectivity index (χ0v) is 15.0. The minimum atomic E-state index is -1.19. The zero-order valence-electron chi connectivity index (χ0n) is 14.2. The molecule has 1 N–H and O–H groups in total. The lowest BCUT2D eigenvalue weighted by Crippen LogP contribution is -2.26. The van der Waals surface area contributed by atoms with Crippen LogP contribution in [0.1, 0.15) is 30.5 Å². The molecule has 5 heteroatoms. The van der Waals surface area contributed by atoms with Crippen molar-refractivity contribution in [3.8, 4) is 0 Å². The number of rotatable bonds is 6. The maximum Gasteiger partial charge on any atom is 0.153 e. The molecule has 128 valence electrons. The van der Waals surface area contributed by atoms with Crippen molar-refractivity contribution in [2.75, 3.05) is 31.1 Å². The normalized spacial score (nSPS) is 19.5. The van der Waals surface area contributed by atoms with Gasteiger partial charge in [-0.2, -0.15) is 0 Å². The van der Waals surface area contributed by atoms with Gasteiger partial charge in [0.2, 0.25) is 0 Å². The first-order valence-corrected chi connectivity index (χ1v) is 9.48. The fourth-order valence-corrected chi connectivity index (χ4v) is 4.58. The van der Waals surface area contributed by atoms with E-state index in [1.54, 1.807) is 7.11 Å². The third-order valence-electron chi connectivity index (χ3n) is 4.30. The van der Waals surface area contributed by atoms with Crippen molar-refractivity contribution < 1.29 is 8.95 Å². The molecular formula is C19H24N2O2S. The molecule has 2 atom stereocenters. The first-order valence-electron chi connectivity index (χ1n) is 8.37. The Hall–Kier alpha value is -1.69. The van der Waals surface area contributed by atoms with E-state index in [-0.39, 0.29) is 6.04 Å². The maximum absolute atomic E-state index is 13.1. The second-order valence-corrected chi connectivity index (χ2v) is 7.15. The van der Waals surface area contributed by atoms with Crippen molar-refractivity contribution >= 4 is 16.7 Å². The van der Waals surface area contributed by atoms with Gasteiger partial charge in [-0.25, -0.2) is 4.21 Å². The number of hydrogen-bond donors (Lipinski definition) is 1. The second kappa shape index (κ2) is 7.92. The molecule has 1 aliphatic heterocycles. The summed E-state index contributed by atoms with van der Waals surface area (Å²) in [6.45, 7) is 4.33. The SMILES string of the molecule is CCN1c2ccccc2C(NCCCOC)c2ccccc2S1=O. The molecule has 0 fully saturated rings. The van der Waals surface area contributed by atoms with Crippen molar-refractivity contribution in [3.05, 3.63) is 59.7 Å². The Morgan fingerprint density at radius 3 is 2.58 bits per heavy atom. The number of hydrogen-bond acceptors (Lipinski definition) is 3. The first kappa shape index (κ1) is 17.1. The second-order valence-electron chi connectivity index (χ2n) is 5.77. The molecule has 1 aliphatic rings. The van der Waals surface area contributed by atoms with Crippen LogP contribution in [-0.2, 0) is 15.7 Å². The Morgan fingerprint density at radius 1 is 1.12 bits per heavy atom. The summed E-state index contributed by atoms with van der Waals surface area (Å²) in [4.78, 5) is 0.889. The van der Waals surface area contributed by atoms with Gasteiger partial charge in [-0.05, 0) is 43.1 Å². The molecule has 2 aromatic rings. The lowest BCUT2D eigenvalue weighted by atomic mass is 9.97. The molecule has 0 aliphatic carbocycles. The third-order valence-corrected chi connectivity index (χ3v) is 5.90. The van der Waals surface area contributed by atoms with Crippen LogP contribution < -0.4 is 9.62 Å². The van der Waals surface area contributed by atoms with Crippen molar-refractivity contribution in [2.24, 2.45) is 0 Å². The number of fused-ring (bicyclic) bond motifs is 2. The van der Waals surface area contributed by atoms with Gasteiger partial charge < -0.3 is 10.1 Å². The van der Waals surface area contributed by atoms with E-state index in [9.17, 15) is 4.21 Å². The van der Waals surface area contributed by atoms with Crippen LogP contribution in [0.3, 0.4) is 0 Å². The van der Waals surface area contributed by atoms with Gasteiger partial charge in [0.05, 0.1) is 16.6 Å². The maximum atomic E-state index is 13.1. The number of anilines is 1. The molecule has 0 saturated carbocycles. The lowest BCUT2D eigenvalue weighted by molar-refractivity contribution is 0.193. The molecule has 24 heavy (non-hydrogen) atoms. The average Bonchev–Trinajstić information content (AvgIpc) is 2.72. The number of benzene rings is 2. The fraction of sp³-hybridized carbons (Fsp3) is 0.368. The van der Waals surface area contributed by atoms with Crippen LogP contribution in [0.2, 0.25) is 0 Å². The van der Waals surface area contributed by atoms with Crippen LogP contribution in [0.15, 0.2) is 53.4 Å². The summed E-state index contributed by atoms with van der Waals surface area (Å²) in [6.07, 6.45) is 0.942. The largest absolute Gasteiger partial charge is 0.385 e. The van der Waals surface area contributed by atoms with Crippen molar-refractivity contribution in [2.45, 2.75) is 24.3 Å². The summed E-state index contributed by atoms with van der Waals surface area (Å²) in [5, 5.41) is 3.63. The predicted octanol–water partition coefficient (Wildman–Crippen LogP) is 3.26. The quantitative estimate of drug-likeness (QED) is 0.818. The molecule has 3 rings (SSSR count). The van der Waals surface area contributed by atoms with E-state index in [0.717, 1.165) is 35.7 Å². The molecule has 0 saturated heterocycles. The van der Waals surface area contributed by atoms with Crippen LogP contribution in [0, 0.1) is 0 Å².